The molecule has 7 heteroatoms. The van der Waals surface area contributed by atoms with Gasteiger partial charge in [0, 0.05) is 30.7 Å². The molecule has 0 atom stereocenters. The van der Waals surface area contributed by atoms with Gasteiger partial charge in [-0.15, -0.1) is 11.3 Å². The van der Waals surface area contributed by atoms with Gasteiger partial charge in [0.2, 0.25) is 0 Å². The molecule has 3 heterocycles. The molecule has 2 saturated heterocycles. The van der Waals surface area contributed by atoms with Crippen molar-refractivity contribution in [3.8, 4) is 5.75 Å². The van der Waals surface area contributed by atoms with Crippen LogP contribution in [0, 0.1) is 0 Å². The molecule has 2 amide bonds. The summed E-state index contributed by atoms with van der Waals surface area (Å²) >= 11 is 1.79. The average molecular weight is 493 g/mol. The fourth-order valence-corrected chi connectivity index (χ4v) is 6.59. The largest absolute Gasteiger partial charge is 0.496 e. The number of amides is 2. The number of methoxy groups -OCH3 is 1. The number of carbonyl (C=O) groups excluding carboxylic acids is 1. The Labute approximate surface area is 212 Å². The van der Waals surface area contributed by atoms with Gasteiger partial charge in [-0.2, -0.15) is 0 Å². The van der Waals surface area contributed by atoms with E-state index >= 15 is 0 Å². The van der Waals surface area contributed by atoms with Crippen LogP contribution in [0.1, 0.15) is 61.9 Å². The Hall–Kier alpha value is -2.64. The highest BCUT2D eigenvalue weighted by atomic mass is 32.1. The van der Waals surface area contributed by atoms with E-state index in [1.165, 1.54) is 15.3 Å². The lowest BCUT2D eigenvalue weighted by Gasteiger charge is -2.35. The summed E-state index contributed by atoms with van der Waals surface area (Å²) in [6, 6.07) is 15.0. The van der Waals surface area contributed by atoms with Crippen LogP contribution in [0.25, 0.3) is 10.2 Å². The van der Waals surface area contributed by atoms with Gasteiger partial charge in [0.1, 0.15) is 5.75 Å². The number of hydrogen-bond acceptors (Lipinski definition) is 5. The number of urea groups is 1. The molecule has 2 fully saturated rings. The van der Waals surface area contributed by atoms with E-state index < -0.39 is 0 Å². The molecule has 0 bridgehead atoms. The Morgan fingerprint density at radius 3 is 2.43 bits per heavy atom. The average Bonchev–Trinajstić information content (AvgIpc) is 3.33. The minimum atomic E-state index is -0.0153. The molecule has 2 aromatic carbocycles. The zero-order valence-electron chi connectivity index (χ0n) is 21.0. The van der Waals surface area contributed by atoms with Crippen LogP contribution in [0.5, 0.6) is 5.75 Å². The van der Waals surface area contributed by atoms with Gasteiger partial charge in [0.25, 0.3) is 0 Å². The van der Waals surface area contributed by atoms with E-state index in [4.69, 9.17) is 9.72 Å². The van der Waals surface area contributed by atoms with E-state index in [2.05, 4.69) is 48.3 Å². The predicted molar refractivity (Wildman–Crippen MR) is 144 cm³/mol. The van der Waals surface area contributed by atoms with Crippen LogP contribution >= 0.6 is 11.3 Å². The second-order valence-electron chi connectivity index (χ2n) is 10.1. The maximum atomic E-state index is 13.1. The number of fused-ring (bicyclic) bond motifs is 1. The molecular formula is C28H36N4O2S. The second-order valence-corrected chi connectivity index (χ2v) is 11.1. The number of carbonyl (C=O) groups is 1. The molecule has 0 radical (unpaired) electrons. The first-order chi connectivity index (χ1) is 17.0. The quantitative estimate of drug-likeness (QED) is 0.454. The SMILES string of the molecule is COc1ccc(NC(=O)N2CCC(c3nc4ccccc4s3)CC2)cc1C1CCN(C(C)C)CC1. The number of ether oxygens (including phenoxy) is 1. The van der Waals surface area contributed by atoms with Gasteiger partial charge in [-0.25, -0.2) is 9.78 Å². The Kier molecular flexibility index (Phi) is 7.25. The summed E-state index contributed by atoms with van der Waals surface area (Å²) in [6.45, 7) is 8.24. The third-order valence-electron chi connectivity index (χ3n) is 7.62. The molecule has 2 aliphatic heterocycles. The molecule has 6 nitrogen and oxygen atoms in total. The van der Waals surface area contributed by atoms with Crippen molar-refractivity contribution in [2.45, 2.75) is 57.4 Å². The van der Waals surface area contributed by atoms with Crippen LogP contribution in [-0.2, 0) is 0 Å². The Balaban J connectivity index is 1.20. The third kappa shape index (κ3) is 5.31. The van der Waals surface area contributed by atoms with Crippen LogP contribution in [0.2, 0.25) is 0 Å². The number of nitrogens with one attached hydrogen (secondary N) is 1. The minimum Gasteiger partial charge on any atom is -0.496 e. The number of likely N-dealkylation sites (tertiary alicyclic amines) is 2. The van der Waals surface area contributed by atoms with E-state index in [0.717, 1.165) is 68.8 Å². The summed E-state index contributed by atoms with van der Waals surface area (Å²) in [5.41, 5.74) is 3.14. The van der Waals surface area contributed by atoms with Crippen molar-refractivity contribution >= 4 is 33.3 Å². The van der Waals surface area contributed by atoms with Gasteiger partial charge in [0.05, 0.1) is 22.3 Å². The van der Waals surface area contributed by atoms with E-state index in [1.807, 2.05) is 23.1 Å². The zero-order valence-corrected chi connectivity index (χ0v) is 21.8. The van der Waals surface area contributed by atoms with Gasteiger partial charge in [-0.05, 0) is 94.4 Å². The highest BCUT2D eigenvalue weighted by Crippen LogP contribution is 2.37. The molecule has 3 aromatic rings. The van der Waals surface area contributed by atoms with Crippen molar-refractivity contribution < 1.29 is 9.53 Å². The standard InChI is InChI=1S/C28H36N4O2S/c1-19(2)31-14-10-20(11-15-31)23-18-22(8-9-25(23)34-3)29-28(33)32-16-12-21(13-17-32)27-30-24-6-4-5-7-26(24)35-27/h4-9,18-21H,10-17H2,1-3H3,(H,29,33). The van der Waals surface area contributed by atoms with Gasteiger partial charge < -0.3 is 19.9 Å². The number of anilines is 1. The topological polar surface area (TPSA) is 57.7 Å². The van der Waals surface area contributed by atoms with Crippen molar-refractivity contribution in [3.63, 3.8) is 0 Å². The summed E-state index contributed by atoms with van der Waals surface area (Å²) in [7, 11) is 1.73. The van der Waals surface area contributed by atoms with Crippen LogP contribution in [-0.4, -0.2) is 60.1 Å². The first-order valence-electron chi connectivity index (χ1n) is 12.8. The number of piperidine rings is 2. The maximum absolute atomic E-state index is 13.1. The number of aromatic nitrogens is 1. The number of benzene rings is 2. The van der Waals surface area contributed by atoms with E-state index in [1.54, 1.807) is 18.4 Å². The first-order valence-corrected chi connectivity index (χ1v) is 13.7. The highest BCUT2D eigenvalue weighted by Gasteiger charge is 2.27. The first kappa shape index (κ1) is 24.1. The minimum absolute atomic E-state index is 0.0153. The molecule has 2 aliphatic rings. The van der Waals surface area contributed by atoms with Gasteiger partial charge in [-0.3, -0.25) is 0 Å². The monoisotopic (exact) mass is 492 g/mol. The van der Waals surface area contributed by atoms with Crippen molar-refractivity contribution in [1.29, 1.82) is 0 Å². The summed E-state index contributed by atoms with van der Waals surface area (Å²) < 4.78 is 6.93. The molecule has 0 saturated carbocycles. The van der Waals surface area contributed by atoms with E-state index in [0.29, 0.717) is 17.9 Å². The van der Waals surface area contributed by atoms with Gasteiger partial charge in [0.15, 0.2) is 0 Å². The fourth-order valence-electron chi connectivity index (χ4n) is 5.45. The second kappa shape index (κ2) is 10.5. The van der Waals surface area contributed by atoms with Crippen molar-refractivity contribution in [2.75, 3.05) is 38.6 Å². The van der Waals surface area contributed by atoms with Crippen molar-refractivity contribution in [1.82, 2.24) is 14.8 Å². The molecular weight excluding hydrogens is 456 g/mol. The van der Waals surface area contributed by atoms with Gasteiger partial charge in [-0.1, -0.05) is 12.1 Å². The summed E-state index contributed by atoms with van der Waals surface area (Å²) in [6.07, 6.45) is 4.14. The number of thiazole rings is 1. The number of para-hydroxylation sites is 1. The Morgan fingerprint density at radius 1 is 1.03 bits per heavy atom. The van der Waals surface area contributed by atoms with E-state index in [-0.39, 0.29) is 6.03 Å². The van der Waals surface area contributed by atoms with Crippen LogP contribution < -0.4 is 10.1 Å². The third-order valence-corrected chi connectivity index (χ3v) is 8.82. The van der Waals surface area contributed by atoms with Crippen LogP contribution in [0.4, 0.5) is 10.5 Å². The zero-order chi connectivity index (χ0) is 24.4. The molecule has 0 unspecified atom stereocenters. The lowest BCUT2D eigenvalue weighted by atomic mass is 9.88. The lowest BCUT2D eigenvalue weighted by Crippen LogP contribution is -2.40. The van der Waals surface area contributed by atoms with Gasteiger partial charge >= 0.3 is 6.03 Å². The maximum Gasteiger partial charge on any atom is 0.321 e. The Bertz CT molecular complexity index is 1130. The number of hydrogen-bond donors (Lipinski definition) is 1. The highest BCUT2D eigenvalue weighted by molar-refractivity contribution is 7.18. The number of rotatable bonds is 5. The lowest BCUT2D eigenvalue weighted by molar-refractivity contribution is 0.171. The molecule has 35 heavy (non-hydrogen) atoms. The smallest absolute Gasteiger partial charge is 0.321 e. The molecule has 5 rings (SSSR count). The normalized spacial score (nSPS) is 18.3. The number of nitrogens with zero attached hydrogens (tertiary/aromatic N) is 3. The molecule has 186 valence electrons. The fraction of sp³-hybridized carbons (Fsp3) is 0.500. The van der Waals surface area contributed by atoms with Crippen LogP contribution in [0.3, 0.4) is 0 Å². The summed E-state index contributed by atoms with van der Waals surface area (Å²) in [5, 5.41) is 4.36. The van der Waals surface area contributed by atoms with E-state index in [9.17, 15) is 4.79 Å². The Morgan fingerprint density at radius 2 is 1.74 bits per heavy atom. The predicted octanol–water partition coefficient (Wildman–Crippen LogP) is 6.30. The van der Waals surface area contributed by atoms with Crippen molar-refractivity contribution in [2.24, 2.45) is 0 Å². The molecule has 1 aromatic heterocycles. The molecule has 0 aliphatic carbocycles. The summed E-state index contributed by atoms with van der Waals surface area (Å²) in [4.78, 5) is 22.4. The van der Waals surface area contributed by atoms with Crippen molar-refractivity contribution in [3.05, 3.63) is 53.0 Å². The molecule has 1 N–H and O–H groups in total. The molecule has 0 spiro atoms. The van der Waals surface area contributed by atoms with Crippen LogP contribution in [0.15, 0.2) is 42.5 Å². The summed E-state index contributed by atoms with van der Waals surface area (Å²) in [5.74, 6) is 1.81.